The summed E-state index contributed by atoms with van der Waals surface area (Å²) in [5.74, 6) is -1.61. The monoisotopic (exact) mass is 330 g/mol. The largest absolute Gasteiger partial charge is 0.453 e. The van der Waals surface area contributed by atoms with Crippen LogP contribution in [0.2, 0.25) is 0 Å². The summed E-state index contributed by atoms with van der Waals surface area (Å²) in [6.45, 7) is 5.26. The highest BCUT2D eigenvalue weighted by Crippen LogP contribution is 2.27. The van der Waals surface area contributed by atoms with Crippen LogP contribution in [0.15, 0.2) is 6.07 Å². The highest BCUT2D eigenvalue weighted by Gasteiger charge is 2.37. The Morgan fingerprint density at radius 3 is 2.48 bits per heavy atom. The lowest BCUT2D eigenvalue weighted by molar-refractivity contribution is -0.144. The van der Waals surface area contributed by atoms with Crippen molar-refractivity contribution in [1.82, 2.24) is 24.9 Å². The second-order valence-electron chi connectivity index (χ2n) is 5.41. The molecule has 1 amide bonds. The number of hydrogen-bond donors (Lipinski definition) is 2. The van der Waals surface area contributed by atoms with Crippen LogP contribution in [-0.2, 0) is 11.0 Å². The fourth-order valence-electron chi connectivity index (χ4n) is 2.06. The average Bonchev–Trinajstić information content (AvgIpc) is 2.87. The number of carbonyl (C=O) groups is 1. The molecule has 2 rings (SSSR count). The van der Waals surface area contributed by atoms with E-state index >= 15 is 0 Å². The van der Waals surface area contributed by atoms with Gasteiger partial charge in [0, 0.05) is 18.8 Å². The van der Waals surface area contributed by atoms with Crippen molar-refractivity contribution < 1.29 is 18.0 Å². The lowest BCUT2D eigenvalue weighted by Gasteiger charge is -2.22. The van der Waals surface area contributed by atoms with E-state index in [2.05, 4.69) is 25.7 Å². The van der Waals surface area contributed by atoms with Crippen LogP contribution < -0.4 is 10.6 Å². The first-order valence-corrected chi connectivity index (χ1v) is 6.93. The van der Waals surface area contributed by atoms with Crippen LogP contribution in [0.1, 0.15) is 25.4 Å². The van der Waals surface area contributed by atoms with Gasteiger partial charge in [0.2, 0.25) is 5.91 Å². The van der Waals surface area contributed by atoms with E-state index in [1.165, 1.54) is 13.1 Å². The third-order valence-corrected chi connectivity index (χ3v) is 3.19. The van der Waals surface area contributed by atoms with Gasteiger partial charge in [-0.1, -0.05) is 13.8 Å². The number of hydrogen-bond acceptors (Lipinski definition) is 5. The van der Waals surface area contributed by atoms with E-state index in [1.54, 1.807) is 6.92 Å². The van der Waals surface area contributed by atoms with E-state index in [4.69, 9.17) is 0 Å². The molecule has 0 aliphatic carbocycles. The van der Waals surface area contributed by atoms with Crippen molar-refractivity contribution in [3.05, 3.63) is 17.6 Å². The Bertz CT molecular complexity index is 724. The molecule has 0 aromatic carbocycles. The smallest absolute Gasteiger partial charge is 0.358 e. The molecule has 0 aliphatic heterocycles. The third-order valence-electron chi connectivity index (χ3n) is 3.19. The predicted molar refractivity (Wildman–Crippen MR) is 76.8 cm³/mol. The van der Waals surface area contributed by atoms with Crippen LogP contribution in [-0.4, -0.2) is 38.6 Å². The van der Waals surface area contributed by atoms with E-state index in [9.17, 15) is 18.0 Å². The molecule has 1 atom stereocenters. The molecule has 0 bridgehead atoms. The highest BCUT2D eigenvalue weighted by molar-refractivity contribution is 5.84. The summed E-state index contributed by atoms with van der Waals surface area (Å²) in [6, 6.07) is 0.878. The van der Waals surface area contributed by atoms with E-state index in [0.29, 0.717) is 5.69 Å². The Kier molecular flexibility index (Phi) is 4.44. The van der Waals surface area contributed by atoms with Gasteiger partial charge in [-0.15, -0.1) is 5.10 Å². The van der Waals surface area contributed by atoms with Gasteiger partial charge >= 0.3 is 6.18 Å². The molecule has 2 aromatic heterocycles. The average molecular weight is 330 g/mol. The summed E-state index contributed by atoms with van der Waals surface area (Å²) in [4.78, 5) is 19.3. The summed E-state index contributed by atoms with van der Waals surface area (Å²) < 4.78 is 39.3. The highest BCUT2D eigenvalue weighted by atomic mass is 19.4. The summed E-state index contributed by atoms with van der Waals surface area (Å²) in [6.07, 6.45) is -4.67. The zero-order valence-corrected chi connectivity index (χ0v) is 13.1. The lowest BCUT2D eigenvalue weighted by atomic mass is 10.0. The molecular formula is C13H17F3N6O. The lowest BCUT2D eigenvalue weighted by Crippen LogP contribution is -2.41. The van der Waals surface area contributed by atoms with E-state index < -0.39 is 18.0 Å². The summed E-state index contributed by atoms with van der Waals surface area (Å²) in [7, 11) is 1.49. The molecule has 126 valence electrons. The fourth-order valence-corrected chi connectivity index (χ4v) is 2.06. The zero-order valence-electron chi connectivity index (χ0n) is 13.1. The molecule has 0 radical (unpaired) electrons. The van der Waals surface area contributed by atoms with Gasteiger partial charge < -0.3 is 10.6 Å². The van der Waals surface area contributed by atoms with E-state index in [-0.39, 0.29) is 23.4 Å². The number of anilines is 1. The van der Waals surface area contributed by atoms with Crippen molar-refractivity contribution >= 4 is 17.5 Å². The molecule has 23 heavy (non-hydrogen) atoms. The Balaban J connectivity index is 2.51. The molecule has 0 fully saturated rings. The first kappa shape index (κ1) is 17.0. The van der Waals surface area contributed by atoms with E-state index in [0.717, 1.165) is 4.52 Å². The van der Waals surface area contributed by atoms with Crippen LogP contribution in [0.25, 0.3) is 5.78 Å². The van der Waals surface area contributed by atoms with Crippen molar-refractivity contribution in [2.24, 2.45) is 5.92 Å². The zero-order chi connectivity index (χ0) is 17.4. The number of amides is 1. The molecular weight excluding hydrogens is 313 g/mol. The standard InChI is InChI=1S/C13H17F3N6O/c1-6(2)9(10(23)17-4)19-8-5-7(3)18-12-20-11(13(14,15)16)21-22(8)12/h5-6,9,19H,1-4H3,(H,17,23). The van der Waals surface area contributed by atoms with Gasteiger partial charge in [0.05, 0.1) is 0 Å². The minimum Gasteiger partial charge on any atom is -0.358 e. The molecule has 2 N–H and O–H groups in total. The van der Waals surface area contributed by atoms with Gasteiger partial charge in [-0.2, -0.15) is 22.7 Å². The number of aryl methyl sites for hydroxylation is 1. The number of fused-ring (bicyclic) bond motifs is 1. The molecule has 1 unspecified atom stereocenters. The molecule has 10 heteroatoms. The number of rotatable bonds is 4. The van der Waals surface area contributed by atoms with Gasteiger partial charge in [0.25, 0.3) is 11.6 Å². The number of nitrogens with one attached hydrogen (secondary N) is 2. The van der Waals surface area contributed by atoms with Crippen molar-refractivity contribution in [1.29, 1.82) is 0 Å². The van der Waals surface area contributed by atoms with Gasteiger partial charge in [-0.05, 0) is 12.8 Å². The van der Waals surface area contributed by atoms with Crippen molar-refractivity contribution in [3.63, 3.8) is 0 Å². The molecule has 0 saturated carbocycles. The van der Waals surface area contributed by atoms with E-state index in [1.807, 2.05) is 13.8 Å². The quantitative estimate of drug-likeness (QED) is 0.890. The Morgan fingerprint density at radius 1 is 1.30 bits per heavy atom. The number of alkyl halides is 3. The number of carbonyl (C=O) groups excluding carboxylic acids is 1. The second kappa shape index (κ2) is 6.01. The molecule has 7 nitrogen and oxygen atoms in total. The second-order valence-corrected chi connectivity index (χ2v) is 5.41. The van der Waals surface area contributed by atoms with Gasteiger partial charge in [-0.3, -0.25) is 4.79 Å². The van der Waals surface area contributed by atoms with Crippen LogP contribution in [0.4, 0.5) is 19.0 Å². The topological polar surface area (TPSA) is 84.2 Å². The SMILES string of the molecule is CNC(=O)C(Nc1cc(C)nc2nc(C(F)(F)F)nn12)C(C)C. The fraction of sp³-hybridized carbons (Fsp3) is 0.538. The number of likely N-dealkylation sites (N-methyl/N-ethyl adjacent to an activating group) is 1. The molecule has 0 aliphatic rings. The molecule has 0 spiro atoms. The van der Waals surface area contributed by atoms with Crippen molar-refractivity contribution in [3.8, 4) is 0 Å². The van der Waals surface area contributed by atoms with Crippen LogP contribution >= 0.6 is 0 Å². The maximum absolute atomic E-state index is 12.8. The Morgan fingerprint density at radius 2 is 1.96 bits per heavy atom. The maximum atomic E-state index is 12.8. The van der Waals surface area contributed by atoms with Gasteiger partial charge in [-0.25, -0.2) is 4.98 Å². The molecule has 0 saturated heterocycles. The van der Waals surface area contributed by atoms with Crippen molar-refractivity contribution in [2.75, 3.05) is 12.4 Å². The summed E-state index contributed by atoms with van der Waals surface area (Å²) in [5.41, 5.74) is 0.459. The first-order chi connectivity index (χ1) is 10.6. The normalized spacial score (nSPS) is 13.4. The number of halogens is 3. The number of nitrogens with zero attached hydrogens (tertiary/aromatic N) is 4. The van der Waals surface area contributed by atoms with Crippen LogP contribution in [0.3, 0.4) is 0 Å². The van der Waals surface area contributed by atoms with Crippen molar-refractivity contribution in [2.45, 2.75) is 33.0 Å². The van der Waals surface area contributed by atoms with Crippen LogP contribution in [0.5, 0.6) is 0 Å². The predicted octanol–water partition coefficient (Wildman–Crippen LogP) is 1.63. The van der Waals surface area contributed by atoms with Gasteiger partial charge in [0.1, 0.15) is 11.9 Å². The third kappa shape index (κ3) is 3.51. The molecule has 2 aromatic rings. The summed E-state index contributed by atoms with van der Waals surface area (Å²) >= 11 is 0. The molecule has 2 heterocycles. The Labute approximate surface area is 130 Å². The maximum Gasteiger partial charge on any atom is 0.453 e. The van der Waals surface area contributed by atoms with Crippen LogP contribution in [0, 0.1) is 12.8 Å². The minimum atomic E-state index is -4.67. The number of aromatic nitrogens is 4. The first-order valence-electron chi connectivity index (χ1n) is 6.93. The Hall–Kier alpha value is -2.39. The minimum absolute atomic E-state index is 0.0934. The van der Waals surface area contributed by atoms with Gasteiger partial charge in [0.15, 0.2) is 0 Å². The summed E-state index contributed by atoms with van der Waals surface area (Å²) in [5, 5.41) is 8.88.